The SMILES string of the molecule is Cc1nc2ccccc2n1C(c1ccccc1)C(O)CO. The number of aromatic nitrogens is 2. The molecule has 108 valence electrons. The van der Waals surface area contributed by atoms with Crippen LogP contribution in [0.25, 0.3) is 11.0 Å². The largest absolute Gasteiger partial charge is 0.394 e. The van der Waals surface area contributed by atoms with Gasteiger partial charge in [-0.25, -0.2) is 4.98 Å². The normalized spacial score (nSPS) is 14.2. The number of benzene rings is 2. The van der Waals surface area contributed by atoms with Crippen LogP contribution in [0.2, 0.25) is 0 Å². The molecule has 2 unspecified atom stereocenters. The van der Waals surface area contributed by atoms with Crippen molar-refractivity contribution in [2.75, 3.05) is 6.61 Å². The van der Waals surface area contributed by atoms with E-state index in [2.05, 4.69) is 4.98 Å². The van der Waals surface area contributed by atoms with Crippen LogP contribution in [0, 0.1) is 6.92 Å². The zero-order valence-electron chi connectivity index (χ0n) is 11.8. The molecule has 4 heteroatoms. The zero-order chi connectivity index (χ0) is 14.8. The zero-order valence-corrected chi connectivity index (χ0v) is 11.8. The first-order chi connectivity index (χ1) is 10.2. The Balaban J connectivity index is 2.22. The van der Waals surface area contributed by atoms with Crippen molar-refractivity contribution in [3.8, 4) is 0 Å². The van der Waals surface area contributed by atoms with Crippen LogP contribution in [-0.4, -0.2) is 32.5 Å². The number of fused-ring (bicyclic) bond motifs is 1. The molecule has 21 heavy (non-hydrogen) atoms. The van der Waals surface area contributed by atoms with Crippen molar-refractivity contribution >= 4 is 11.0 Å². The lowest BCUT2D eigenvalue weighted by Crippen LogP contribution is -2.29. The maximum atomic E-state index is 10.3. The van der Waals surface area contributed by atoms with E-state index in [1.807, 2.05) is 66.1 Å². The number of aliphatic hydroxyl groups is 2. The average molecular weight is 282 g/mol. The molecule has 0 saturated carbocycles. The summed E-state index contributed by atoms with van der Waals surface area (Å²) in [5.74, 6) is 0.817. The fraction of sp³-hybridized carbons (Fsp3) is 0.235. The third-order valence-corrected chi connectivity index (χ3v) is 3.74. The minimum Gasteiger partial charge on any atom is -0.394 e. The molecule has 2 atom stereocenters. The maximum absolute atomic E-state index is 10.3. The lowest BCUT2D eigenvalue weighted by Gasteiger charge is -2.25. The Kier molecular flexibility index (Phi) is 3.73. The number of aliphatic hydroxyl groups excluding tert-OH is 2. The number of imidazole rings is 1. The fourth-order valence-corrected chi connectivity index (χ4v) is 2.81. The number of para-hydroxylation sites is 2. The summed E-state index contributed by atoms with van der Waals surface area (Å²) < 4.78 is 1.99. The Bertz CT molecular complexity index is 737. The van der Waals surface area contributed by atoms with Gasteiger partial charge in [0.25, 0.3) is 0 Å². The summed E-state index contributed by atoms with van der Waals surface area (Å²) in [6.07, 6.45) is -0.885. The fourth-order valence-electron chi connectivity index (χ4n) is 2.81. The summed E-state index contributed by atoms with van der Waals surface area (Å²) in [5, 5.41) is 19.8. The quantitative estimate of drug-likeness (QED) is 0.772. The van der Waals surface area contributed by atoms with Crippen LogP contribution in [0.15, 0.2) is 54.6 Å². The van der Waals surface area contributed by atoms with Crippen LogP contribution in [-0.2, 0) is 0 Å². The first kappa shape index (κ1) is 13.8. The van der Waals surface area contributed by atoms with Gasteiger partial charge in [-0.3, -0.25) is 0 Å². The Hall–Kier alpha value is -2.17. The van der Waals surface area contributed by atoms with Crippen molar-refractivity contribution in [2.45, 2.75) is 19.1 Å². The van der Waals surface area contributed by atoms with Crippen LogP contribution in [0.1, 0.15) is 17.4 Å². The van der Waals surface area contributed by atoms with E-state index in [1.54, 1.807) is 0 Å². The van der Waals surface area contributed by atoms with Gasteiger partial charge in [-0.05, 0) is 24.6 Å². The van der Waals surface area contributed by atoms with Crippen molar-refractivity contribution in [3.05, 3.63) is 66.0 Å². The topological polar surface area (TPSA) is 58.3 Å². The van der Waals surface area contributed by atoms with Gasteiger partial charge < -0.3 is 14.8 Å². The van der Waals surface area contributed by atoms with Gasteiger partial charge >= 0.3 is 0 Å². The molecule has 1 heterocycles. The van der Waals surface area contributed by atoms with Crippen molar-refractivity contribution in [3.63, 3.8) is 0 Å². The van der Waals surface area contributed by atoms with Gasteiger partial charge in [0.2, 0.25) is 0 Å². The highest BCUT2D eigenvalue weighted by Gasteiger charge is 2.25. The molecule has 2 N–H and O–H groups in total. The molecule has 0 fully saturated rings. The van der Waals surface area contributed by atoms with Crippen molar-refractivity contribution < 1.29 is 10.2 Å². The average Bonchev–Trinajstić information content (AvgIpc) is 2.85. The summed E-state index contributed by atoms with van der Waals surface area (Å²) in [6.45, 7) is 1.62. The van der Waals surface area contributed by atoms with Crippen LogP contribution in [0.4, 0.5) is 0 Å². The molecule has 1 aromatic heterocycles. The van der Waals surface area contributed by atoms with E-state index < -0.39 is 6.10 Å². The number of hydrogen-bond donors (Lipinski definition) is 2. The van der Waals surface area contributed by atoms with E-state index >= 15 is 0 Å². The minimum atomic E-state index is -0.885. The smallest absolute Gasteiger partial charge is 0.107 e. The summed E-state index contributed by atoms with van der Waals surface area (Å²) in [4.78, 5) is 4.55. The highest BCUT2D eigenvalue weighted by Crippen LogP contribution is 2.28. The van der Waals surface area contributed by atoms with Crippen molar-refractivity contribution in [1.82, 2.24) is 9.55 Å². The molecule has 2 aromatic carbocycles. The number of aryl methyl sites for hydroxylation is 1. The third-order valence-electron chi connectivity index (χ3n) is 3.74. The Morgan fingerprint density at radius 2 is 1.71 bits per heavy atom. The van der Waals surface area contributed by atoms with E-state index in [9.17, 15) is 10.2 Å². The second-order valence-corrected chi connectivity index (χ2v) is 5.12. The van der Waals surface area contributed by atoms with Crippen LogP contribution >= 0.6 is 0 Å². The van der Waals surface area contributed by atoms with Crippen molar-refractivity contribution in [2.24, 2.45) is 0 Å². The van der Waals surface area contributed by atoms with Crippen molar-refractivity contribution in [1.29, 1.82) is 0 Å². The summed E-state index contributed by atoms with van der Waals surface area (Å²) in [6, 6.07) is 17.2. The molecule has 0 bridgehead atoms. The lowest BCUT2D eigenvalue weighted by molar-refractivity contribution is 0.0646. The standard InChI is InChI=1S/C17H18N2O2/c1-12-18-14-9-5-6-10-15(14)19(12)17(16(21)11-20)13-7-3-2-4-8-13/h2-10,16-17,20-21H,11H2,1H3. The summed E-state index contributed by atoms with van der Waals surface area (Å²) in [7, 11) is 0. The van der Waals surface area contributed by atoms with E-state index in [1.165, 1.54) is 0 Å². The molecule has 0 aliphatic rings. The van der Waals surface area contributed by atoms with Gasteiger partial charge in [0, 0.05) is 0 Å². The Labute approximate surface area is 123 Å². The third kappa shape index (κ3) is 2.44. The van der Waals surface area contributed by atoms with E-state index in [0.29, 0.717) is 0 Å². The molecule has 0 saturated heterocycles. The highest BCUT2D eigenvalue weighted by molar-refractivity contribution is 5.76. The Morgan fingerprint density at radius 1 is 1.05 bits per heavy atom. The highest BCUT2D eigenvalue weighted by atomic mass is 16.3. The van der Waals surface area contributed by atoms with E-state index in [-0.39, 0.29) is 12.6 Å². The van der Waals surface area contributed by atoms with Crippen LogP contribution in [0.5, 0.6) is 0 Å². The molecule has 3 aromatic rings. The molecule has 0 aliphatic carbocycles. The molecule has 3 rings (SSSR count). The number of nitrogens with zero attached hydrogens (tertiary/aromatic N) is 2. The molecule has 0 spiro atoms. The molecule has 4 nitrogen and oxygen atoms in total. The van der Waals surface area contributed by atoms with E-state index in [4.69, 9.17) is 0 Å². The van der Waals surface area contributed by atoms with E-state index in [0.717, 1.165) is 22.4 Å². The molecule has 0 radical (unpaired) electrons. The van der Waals surface area contributed by atoms with Gasteiger partial charge in [-0.1, -0.05) is 42.5 Å². The second-order valence-electron chi connectivity index (χ2n) is 5.12. The van der Waals surface area contributed by atoms with Gasteiger partial charge in [-0.15, -0.1) is 0 Å². The van der Waals surface area contributed by atoms with Gasteiger partial charge in [0.15, 0.2) is 0 Å². The van der Waals surface area contributed by atoms with Crippen LogP contribution in [0.3, 0.4) is 0 Å². The first-order valence-corrected chi connectivity index (χ1v) is 7.00. The second kappa shape index (κ2) is 5.68. The molecular formula is C17H18N2O2. The summed E-state index contributed by atoms with van der Waals surface area (Å²) in [5.41, 5.74) is 2.79. The molecule has 0 aliphatic heterocycles. The minimum absolute atomic E-state index is 0.300. The predicted octanol–water partition coefficient (Wildman–Crippen LogP) is 2.29. The van der Waals surface area contributed by atoms with Gasteiger partial charge in [0.1, 0.15) is 11.9 Å². The molecule has 0 amide bonds. The monoisotopic (exact) mass is 282 g/mol. The Morgan fingerprint density at radius 3 is 2.43 bits per heavy atom. The number of hydrogen-bond acceptors (Lipinski definition) is 3. The first-order valence-electron chi connectivity index (χ1n) is 7.00. The number of rotatable bonds is 4. The van der Waals surface area contributed by atoms with Crippen LogP contribution < -0.4 is 0 Å². The molecular weight excluding hydrogens is 264 g/mol. The van der Waals surface area contributed by atoms with Gasteiger partial charge in [0.05, 0.1) is 23.7 Å². The predicted molar refractivity (Wildman–Crippen MR) is 82.1 cm³/mol. The van der Waals surface area contributed by atoms with Gasteiger partial charge in [-0.2, -0.15) is 0 Å². The summed E-state index contributed by atoms with van der Waals surface area (Å²) >= 11 is 0. The lowest BCUT2D eigenvalue weighted by atomic mass is 10.0. The maximum Gasteiger partial charge on any atom is 0.107 e.